The van der Waals surface area contributed by atoms with Crippen LogP contribution < -0.4 is 10.6 Å². The van der Waals surface area contributed by atoms with Gasteiger partial charge < -0.3 is 20.5 Å². The van der Waals surface area contributed by atoms with Gasteiger partial charge in [0.1, 0.15) is 6.61 Å². The maximum Gasteiger partial charge on any atom is 0.407 e. The minimum absolute atomic E-state index is 0.124. The van der Waals surface area contributed by atoms with Crippen molar-refractivity contribution in [2.75, 3.05) is 13.1 Å². The minimum atomic E-state index is -0.920. The van der Waals surface area contributed by atoms with Gasteiger partial charge in [-0.25, -0.2) is 4.79 Å². The van der Waals surface area contributed by atoms with Gasteiger partial charge in [0.25, 0.3) is 0 Å². The van der Waals surface area contributed by atoms with Crippen LogP contribution >= 0.6 is 0 Å². The Morgan fingerprint density at radius 2 is 2.00 bits per heavy atom. The smallest absolute Gasteiger partial charge is 0.407 e. The number of carbonyl (C=O) groups excluding carboxylic acids is 1. The third kappa shape index (κ3) is 7.94. The van der Waals surface area contributed by atoms with E-state index in [9.17, 15) is 9.59 Å². The maximum atomic E-state index is 11.7. The van der Waals surface area contributed by atoms with Crippen LogP contribution in [-0.4, -0.2) is 36.3 Å². The van der Waals surface area contributed by atoms with Crippen molar-refractivity contribution in [3.8, 4) is 0 Å². The summed E-state index contributed by atoms with van der Waals surface area (Å²) >= 11 is 0. The van der Waals surface area contributed by atoms with Gasteiger partial charge in [-0.3, -0.25) is 4.79 Å². The fourth-order valence-electron chi connectivity index (χ4n) is 1.86. The average Bonchev–Trinajstić information content (AvgIpc) is 2.46. The zero-order valence-corrected chi connectivity index (χ0v) is 12.2. The summed E-state index contributed by atoms with van der Waals surface area (Å²) in [7, 11) is 0. The van der Waals surface area contributed by atoms with Crippen LogP contribution in [0.2, 0.25) is 0 Å². The predicted molar refractivity (Wildman–Crippen MR) is 79.0 cm³/mol. The number of carboxylic acids is 1. The number of nitrogens with one attached hydrogen (secondary N) is 2. The van der Waals surface area contributed by atoms with E-state index in [-0.39, 0.29) is 19.2 Å². The SMILES string of the molecule is CCC[C@@H](CNCC(=O)O)NC(=O)OCc1ccccc1. The van der Waals surface area contributed by atoms with Crippen LogP contribution in [0.5, 0.6) is 0 Å². The van der Waals surface area contributed by atoms with E-state index >= 15 is 0 Å². The zero-order chi connectivity index (χ0) is 15.5. The fraction of sp³-hybridized carbons (Fsp3) is 0.467. The van der Waals surface area contributed by atoms with Crippen molar-refractivity contribution in [3.63, 3.8) is 0 Å². The molecule has 0 aliphatic carbocycles. The van der Waals surface area contributed by atoms with Crippen LogP contribution in [0.15, 0.2) is 30.3 Å². The Morgan fingerprint density at radius 1 is 1.29 bits per heavy atom. The normalized spacial score (nSPS) is 11.7. The molecule has 6 heteroatoms. The van der Waals surface area contributed by atoms with Gasteiger partial charge >= 0.3 is 12.1 Å². The van der Waals surface area contributed by atoms with Crippen molar-refractivity contribution in [1.29, 1.82) is 0 Å². The lowest BCUT2D eigenvalue weighted by atomic mass is 10.1. The van der Waals surface area contributed by atoms with Gasteiger partial charge in [-0.15, -0.1) is 0 Å². The van der Waals surface area contributed by atoms with Gasteiger partial charge in [0.2, 0.25) is 0 Å². The average molecular weight is 294 g/mol. The van der Waals surface area contributed by atoms with Gasteiger partial charge in [-0.05, 0) is 12.0 Å². The standard InChI is InChI=1S/C15H22N2O4/c1-2-6-13(9-16-10-14(18)19)17-15(20)21-11-12-7-4-3-5-8-12/h3-5,7-8,13,16H,2,6,9-11H2,1H3,(H,17,20)(H,18,19)/t13-/m0/s1. The number of benzene rings is 1. The van der Waals surface area contributed by atoms with Crippen LogP contribution in [0.25, 0.3) is 0 Å². The Labute approximate surface area is 124 Å². The number of carbonyl (C=O) groups is 2. The molecule has 0 bridgehead atoms. The molecule has 1 aromatic carbocycles. The molecule has 0 aliphatic heterocycles. The molecule has 6 nitrogen and oxygen atoms in total. The first kappa shape index (κ1) is 17.0. The van der Waals surface area contributed by atoms with E-state index in [2.05, 4.69) is 10.6 Å². The zero-order valence-electron chi connectivity index (χ0n) is 12.2. The summed E-state index contributed by atoms with van der Waals surface area (Å²) in [5.74, 6) is -0.920. The van der Waals surface area contributed by atoms with Crippen molar-refractivity contribution >= 4 is 12.1 Å². The highest BCUT2D eigenvalue weighted by molar-refractivity contribution is 5.69. The van der Waals surface area contributed by atoms with Gasteiger partial charge in [-0.1, -0.05) is 43.7 Å². The Hall–Kier alpha value is -2.08. The molecule has 116 valence electrons. The van der Waals surface area contributed by atoms with E-state index in [0.717, 1.165) is 18.4 Å². The highest BCUT2D eigenvalue weighted by Gasteiger charge is 2.12. The largest absolute Gasteiger partial charge is 0.480 e. The van der Waals surface area contributed by atoms with Crippen molar-refractivity contribution < 1.29 is 19.4 Å². The topological polar surface area (TPSA) is 87.7 Å². The molecule has 0 aliphatic rings. The third-order valence-electron chi connectivity index (χ3n) is 2.84. The molecule has 0 saturated carbocycles. The first-order valence-electron chi connectivity index (χ1n) is 7.01. The molecule has 1 atom stereocenters. The van der Waals surface area contributed by atoms with Gasteiger partial charge in [0.15, 0.2) is 0 Å². The van der Waals surface area contributed by atoms with Crippen molar-refractivity contribution in [2.24, 2.45) is 0 Å². The van der Waals surface area contributed by atoms with Gasteiger partial charge in [0.05, 0.1) is 6.54 Å². The van der Waals surface area contributed by atoms with Crippen LogP contribution in [0, 0.1) is 0 Å². The van der Waals surface area contributed by atoms with E-state index in [1.807, 2.05) is 37.3 Å². The molecule has 1 aromatic rings. The van der Waals surface area contributed by atoms with Crippen molar-refractivity contribution in [1.82, 2.24) is 10.6 Å². The summed E-state index contributed by atoms with van der Waals surface area (Å²) in [6, 6.07) is 9.28. The lowest BCUT2D eigenvalue weighted by molar-refractivity contribution is -0.135. The van der Waals surface area contributed by atoms with Crippen molar-refractivity contribution in [3.05, 3.63) is 35.9 Å². The molecule has 1 amide bonds. The monoisotopic (exact) mass is 294 g/mol. The van der Waals surface area contributed by atoms with Crippen molar-refractivity contribution in [2.45, 2.75) is 32.4 Å². The number of rotatable bonds is 9. The van der Waals surface area contributed by atoms with Crippen LogP contribution in [0.1, 0.15) is 25.3 Å². The lowest BCUT2D eigenvalue weighted by Gasteiger charge is -2.18. The van der Waals surface area contributed by atoms with E-state index in [4.69, 9.17) is 9.84 Å². The number of hydrogen-bond acceptors (Lipinski definition) is 4. The number of amides is 1. The molecule has 0 aromatic heterocycles. The summed E-state index contributed by atoms with van der Waals surface area (Å²) in [5.41, 5.74) is 0.920. The number of hydrogen-bond donors (Lipinski definition) is 3. The highest BCUT2D eigenvalue weighted by Crippen LogP contribution is 2.02. The quantitative estimate of drug-likeness (QED) is 0.646. The van der Waals surface area contributed by atoms with E-state index in [1.54, 1.807) is 0 Å². The molecule has 21 heavy (non-hydrogen) atoms. The number of alkyl carbamates (subject to hydrolysis) is 1. The first-order valence-corrected chi connectivity index (χ1v) is 7.01. The summed E-state index contributed by atoms with van der Waals surface area (Å²) < 4.78 is 5.14. The Balaban J connectivity index is 2.32. The lowest BCUT2D eigenvalue weighted by Crippen LogP contribution is -2.43. The molecule has 0 heterocycles. The first-order chi connectivity index (χ1) is 10.1. The molecule has 0 saturated heterocycles. The van der Waals surface area contributed by atoms with Crippen LogP contribution in [0.4, 0.5) is 4.79 Å². The molecule has 0 spiro atoms. The van der Waals surface area contributed by atoms with E-state index in [1.165, 1.54) is 0 Å². The molecular formula is C15H22N2O4. The Morgan fingerprint density at radius 3 is 2.62 bits per heavy atom. The third-order valence-corrected chi connectivity index (χ3v) is 2.84. The van der Waals surface area contributed by atoms with E-state index in [0.29, 0.717) is 6.54 Å². The fourth-order valence-corrected chi connectivity index (χ4v) is 1.86. The summed E-state index contributed by atoms with van der Waals surface area (Å²) in [5, 5.41) is 14.1. The van der Waals surface area contributed by atoms with Gasteiger partial charge in [0, 0.05) is 12.6 Å². The molecule has 0 fully saturated rings. The second kappa shape index (κ2) is 9.77. The molecule has 0 unspecified atom stereocenters. The molecular weight excluding hydrogens is 272 g/mol. The second-order valence-corrected chi connectivity index (χ2v) is 4.72. The summed E-state index contributed by atoms with van der Waals surface area (Å²) in [6.07, 6.45) is 1.15. The Bertz CT molecular complexity index is 437. The minimum Gasteiger partial charge on any atom is -0.480 e. The number of ether oxygens (including phenoxy) is 1. The summed E-state index contributed by atoms with van der Waals surface area (Å²) in [6.45, 7) is 2.50. The summed E-state index contributed by atoms with van der Waals surface area (Å²) in [4.78, 5) is 22.2. The number of carboxylic acid groups (broad SMARTS) is 1. The van der Waals surface area contributed by atoms with Crippen LogP contribution in [-0.2, 0) is 16.1 Å². The maximum absolute atomic E-state index is 11.7. The molecule has 0 radical (unpaired) electrons. The molecule has 3 N–H and O–H groups in total. The molecule has 1 rings (SSSR count). The van der Waals surface area contributed by atoms with E-state index < -0.39 is 12.1 Å². The number of aliphatic carboxylic acids is 1. The Kier molecular flexibility index (Phi) is 7.89. The van der Waals surface area contributed by atoms with Gasteiger partial charge in [-0.2, -0.15) is 0 Å². The highest BCUT2D eigenvalue weighted by atomic mass is 16.5. The van der Waals surface area contributed by atoms with Crippen LogP contribution in [0.3, 0.4) is 0 Å². The second-order valence-electron chi connectivity index (χ2n) is 4.72. The predicted octanol–water partition coefficient (Wildman–Crippen LogP) is 1.76.